The van der Waals surface area contributed by atoms with Crippen molar-refractivity contribution in [2.45, 2.75) is 59.1 Å². The van der Waals surface area contributed by atoms with Crippen LogP contribution in [0.3, 0.4) is 0 Å². The second kappa shape index (κ2) is 9.67. The van der Waals surface area contributed by atoms with Crippen LogP contribution in [-0.4, -0.2) is 40.8 Å². The molecule has 0 bridgehead atoms. The fourth-order valence-corrected chi connectivity index (χ4v) is 2.28. The molecule has 0 saturated heterocycles. The highest BCUT2D eigenvalue weighted by Crippen LogP contribution is 2.09. The van der Waals surface area contributed by atoms with Gasteiger partial charge in [0.05, 0.1) is 6.10 Å². The molecule has 2 amide bonds. The Kier molecular flexibility index (Phi) is 8.26. The maximum atomic E-state index is 12.5. The molecule has 0 spiro atoms. The van der Waals surface area contributed by atoms with Crippen LogP contribution in [-0.2, 0) is 6.42 Å². The highest BCUT2D eigenvalue weighted by atomic mass is 16.3. The molecule has 0 fully saturated rings. The van der Waals surface area contributed by atoms with E-state index in [1.807, 2.05) is 57.5 Å². The Morgan fingerprint density at radius 3 is 2.42 bits per heavy atom. The minimum Gasteiger partial charge on any atom is -0.391 e. The van der Waals surface area contributed by atoms with Gasteiger partial charge >= 0.3 is 6.03 Å². The number of hydrogen-bond acceptors (Lipinski definition) is 2. The highest BCUT2D eigenvalue weighted by Gasteiger charge is 2.22. The maximum absolute atomic E-state index is 12.5. The van der Waals surface area contributed by atoms with Gasteiger partial charge in [0.1, 0.15) is 0 Å². The second-order valence-corrected chi connectivity index (χ2v) is 7.80. The Morgan fingerprint density at radius 1 is 1.25 bits per heavy atom. The number of hydrogen-bond donors (Lipinski definition) is 2. The van der Waals surface area contributed by atoms with Crippen LogP contribution in [0.2, 0.25) is 0 Å². The standard InChI is InChI=1S/C20H33N2O2/c1-16(2)13-14-22(19(24)21-20(3,4)5)15-18(23)12-11-17-9-7-6-8-10-17/h6-10,12,16,18,23H,11,13-15H2,1-5H3,(H,21,24). The van der Waals surface area contributed by atoms with Crippen LogP contribution >= 0.6 is 0 Å². The van der Waals surface area contributed by atoms with Crippen LogP contribution in [0.1, 0.15) is 46.6 Å². The quantitative estimate of drug-likeness (QED) is 0.763. The van der Waals surface area contributed by atoms with E-state index in [0.29, 0.717) is 25.4 Å². The van der Waals surface area contributed by atoms with Gasteiger partial charge in [0.2, 0.25) is 0 Å². The van der Waals surface area contributed by atoms with Crippen molar-refractivity contribution < 1.29 is 9.90 Å². The van der Waals surface area contributed by atoms with E-state index in [2.05, 4.69) is 19.2 Å². The molecule has 0 aliphatic carbocycles. The number of rotatable bonds is 8. The number of carbonyl (C=O) groups is 1. The normalized spacial score (nSPS) is 13.0. The minimum atomic E-state index is -0.636. The van der Waals surface area contributed by atoms with Crippen molar-refractivity contribution in [2.75, 3.05) is 13.1 Å². The first-order valence-electron chi connectivity index (χ1n) is 8.80. The average molecular weight is 333 g/mol. The van der Waals surface area contributed by atoms with E-state index in [4.69, 9.17) is 0 Å². The van der Waals surface area contributed by atoms with Crippen molar-refractivity contribution in [3.8, 4) is 0 Å². The molecular weight excluding hydrogens is 300 g/mol. The lowest BCUT2D eigenvalue weighted by molar-refractivity contribution is 0.132. The predicted octanol–water partition coefficient (Wildman–Crippen LogP) is 3.65. The lowest BCUT2D eigenvalue weighted by Crippen LogP contribution is -2.50. The largest absolute Gasteiger partial charge is 0.391 e. The lowest BCUT2D eigenvalue weighted by Gasteiger charge is -2.30. The Bertz CT molecular complexity index is 480. The fourth-order valence-electron chi connectivity index (χ4n) is 2.28. The summed E-state index contributed by atoms with van der Waals surface area (Å²) in [6.07, 6.45) is 2.84. The van der Waals surface area contributed by atoms with E-state index >= 15 is 0 Å². The number of urea groups is 1. The first-order valence-corrected chi connectivity index (χ1v) is 8.80. The molecule has 135 valence electrons. The first kappa shape index (κ1) is 20.5. The van der Waals surface area contributed by atoms with Crippen LogP contribution in [0, 0.1) is 12.3 Å². The van der Waals surface area contributed by atoms with Crippen molar-refractivity contribution >= 4 is 6.03 Å². The van der Waals surface area contributed by atoms with Gasteiger partial charge < -0.3 is 15.3 Å². The van der Waals surface area contributed by atoms with Gasteiger partial charge in [-0.3, -0.25) is 0 Å². The Morgan fingerprint density at radius 2 is 1.88 bits per heavy atom. The summed E-state index contributed by atoms with van der Waals surface area (Å²) in [6, 6.07) is 9.90. The molecule has 1 rings (SSSR count). The number of aliphatic hydroxyl groups excluding tert-OH is 1. The van der Waals surface area contributed by atoms with E-state index < -0.39 is 6.10 Å². The van der Waals surface area contributed by atoms with Crippen LogP contribution in [0.4, 0.5) is 4.79 Å². The summed E-state index contributed by atoms with van der Waals surface area (Å²) in [4.78, 5) is 14.2. The topological polar surface area (TPSA) is 52.6 Å². The van der Waals surface area contributed by atoms with Crippen molar-refractivity contribution in [2.24, 2.45) is 5.92 Å². The van der Waals surface area contributed by atoms with Crippen molar-refractivity contribution in [1.29, 1.82) is 0 Å². The van der Waals surface area contributed by atoms with E-state index in [9.17, 15) is 9.90 Å². The fraction of sp³-hybridized carbons (Fsp3) is 0.600. The molecule has 0 aromatic heterocycles. The monoisotopic (exact) mass is 333 g/mol. The summed E-state index contributed by atoms with van der Waals surface area (Å²) in [5, 5.41) is 13.3. The number of nitrogens with zero attached hydrogens (tertiary/aromatic N) is 1. The summed E-state index contributed by atoms with van der Waals surface area (Å²) in [5.74, 6) is 0.514. The van der Waals surface area contributed by atoms with Crippen LogP contribution in [0.15, 0.2) is 30.3 Å². The molecular formula is C20H33N2O2. The molecule has 0 aliphatic heterocycles. The third-order valence-corrected chi connectivity index (χ3v) is 3.62. The third kappa shape index (κ3) is 8.92. The molecule has 1 radical (unpaired) electrons. The number of carbonyl (C=O) groups excluding carboxylic acids is 1. The second-order valence-electron chi connectivity index (χ2n) is 7.80. The molecule has 1 aromatic rings. The SMILES string of the molecule is CC(C)CCN(CC(O)[CH]Cc1ccccc1)C(=O)NC(C)(C)C. The Balaban J connectivity index is 2.56. The lowest BCUT2D eigenvalue weighted by atomic mass is 10.1. The Labute approximate surface area is 147 Å². The number of nitrogens with one attached hydrogen (secondary N) is 1. The van der Waals surface area contributed by atoms with Gasteiger partial charge in [-0.15, -0.1) is 0 Å². The molecule has 0 aliphatic rings. The molecule has 1 aromatic carbocycles. The molecule has 1 unspecified atom stereocenters. The van der Waals surface area contributed by atoms with Crippen LogP contribution in [0.25, 0.3) is 0 Å². The van der Waals surface area contributed by atoms with E-state index in [1.54, 1.807) is 4.90 Å². The minimum absolute atomic E-state index is 0.115. The van der Waals surface area contributed by atoms with Gasteiger partial charge in [0.25, 0.3) is 0 Å². The summed E-state index contributed by atoms with van der Waals surface area (Å²) >= 11 is 0. The molecule has 0 saturated carbocycles. The summed E-state index contributed by atoms with van der Waals surface area (Å²) < 4.78 is 0. The predicted molar refractivity (Wildman–Crippen MR) is 99.8 cm³/mol. The third-order valence-electron chi connectivity index (χ3n) is 3.62. The number of amides is 2. The maximum Gasteiger partial charge on any atom is 0.317 e. The molecule has 4 nitrogen and oxygen atoms in total. The van der Waals surface area contributed by atoms with Crippen molar-refractivity contribution in [3.05, 3.63) is 42.3 Å². The Hall–Kier alpha value is -1.55. The number of benzene rings is 1. The number of aliphatic hydroxyl groups is 1. The zero-order chi connectivity index (χ0) is 18.2. The van der Waals surface area contributed by atoms with Gasteiger partial charge in [-0.05, 0) is 51.5 Å². The van der Waals surface area contributed by atoms with Gasteiger partial charge in [0.15, 0.2) is 0 Å². The summed E-state index contributed by atoms with van der Waals surface area (Å²) in [5.41, 5.74) is 0.871. The summed E-state index contributed by atoms with van der Waals surface area (Å²) in [7, 11) is 0. The van der Waals surface area contributed by atoms with E-state index in [-0.39, 0.29) is 11.6 Å². The molecule has 2 N–H and O–H groups in total. The van der Waals surface area contributed by atoms with Gasteiger partial charge in [-0.2, -0.15) is 0 Å². The highest BCUT2D eigenvalue weighted by molar-refractivity contribution is 5.75. The molecule has 0 heterocycles. The van der Waals surface area contributed by atoms with Crippen LogP contribution in [0.5, 0.6) is 0 Å². The molecule has 1 atom stereocenters. The van der Waals surface area contributed by atoms with E-state index in [1.165, 1.54) is 0 Å². The van der Waals surface area contributed by atoms with Gasteiger partial charge in [-0.1, -0.05) is 44.2 Å². The van der Waals surface area contributed by atoms with Crippen molar-refractivity contribution in [1.82, 2.24) is 10.2 Å². The van der Waals surface area contributed by atoms with E-state index in [0.717, 1.165) is 12.0 Å². The van der Waals surface area contributed by atoms with Gasteiger partial charge in [0, 0.05) is 18.6 Å². The zero-order valence-corrected chi connectivity index (χ0v) is 15.7. The average Bonchev–Trinajstić information content (AvgIpc) is 2.48. The smallest absolute Gasteiger partial charge is 0.317 e. The zero-order valence-electron chi connectivity index (χ0n) is 15.7. The van der Waals surface area contributed by atoms with Gasteiger partial charge in [-0.25, -0.2) is 4.79 Å². The molecule has 24 heavy (non-hydrogen) atoms. The first-order chi connectivity index (χ1) is 11.2. The molecule has 4 heteroatoms. The summed E-state index contributed by atoms with van der Waals surface area (Å²) in [6.45, 7) is 11.1. The van der Waals surface area contributed by atoms with Crippen molar-refractivity contribution in [3.63, 3.8) is 0 Å². The van der Waals surface area contributed by atoms with Crippen LogP contribution < -0.4 is 5.32 Å².